The van der Waals surface area contributed by atoms with Crippen molar-refractivity contribution in [2.75, 3.05) is 0 Å². The normalized spacial score (nSPS) is 9.29. The van der Waals surface area contributed by atoms with Crippen molar-refractivity contribution in [2.24, 2.45) is 0 Å². The van der Waals surface area contributed by atoms with Gasteiger partial charge in [-0.3, -0.25) is 0 Å². The first kappa shape index (κ1) is 22.1. The van der Waals surface area contributed by atoms with Crippen LogP contribution < -0.4 is 0 Å². The number of hydrogen-bond acceptors (Lipinski definition) is 4. The van der Waals surface area contributed by atoms with Crippen molar-refractivity contribution in [1.82, 2.24) is 0 Å². The van der Waals surface area contributed by atoms with Crippen molar-refractivity contribution in [2.45, 2.75) is 20.8 Å². The molecule has 0 aliphatic rings. The van der Waals surface area contributed by atoms with Crippen LogP contribution in [-0.2, 0) is 0 Å². The molecule has 28 heavy (non-hydrogen) atoms. The minimum Gasteiger partial charge on any atom is -0.205 e. The molecule has 0 saturated carbocycles. The summed E-state index contributed by atoms with van der Waals surface area (Å²) < 4.78 is 65.3. The second kappa shape index (κ2) is 8.62. The van der Waals surface area contributed by atoms with E-state index in [-0.39, 0.29) is 16.7 Å². The van der Waals surface area contributed by atoms with Crippen molar-refractivity contribution < 1.29 is 22.0 Å². The monoisotopic (exact) mass is 388 g/mol. The van der Waals surface area contributed by atoms with Crippen molar-refractivity contribution in [3.8, 4) is 24.3 Å². The van der Waals surface area contributed by atoms with Gasteiger partial charge in [-0.2, -0.15) is 21.0 Å². The fourth-order valence-electron chi connectivity index (χ4n) is 2.20. The fraction of sp³-hybridized carbons (Fsp3) is 0.158. The molecule has 0 fully saturated rings. The van der Waals surface area contributed by atoms with E-state index in [1.165, 1.54) is 26.0 Å². The number of nitrogens with zero attached hydrogens (tertiary/aromatic N) is 4. The van der Waals surface area contributed by atoms with Crippen LogP contribution >= 0.6 is 0 Å². The molecule has 4 nitrogen and oxygen atoms in total. The molecule has 140 valence electrons. The van der Waals surface area contributed by atoms with Crippen molar-refractivity contribution in [3.63, 3.8) is 0 Å². The largest absolute Gasteiger partial charge is 0.205 e. The summed E-state index contributed by atoms with van der Waals surface area (Å²) in [5.74, 6) is -6.78. The number of halogens is 5. The van der Waals surface area contributed by atoms with Crippen LogP contribution in [0.3, 0.4) is 0 Å². The molecule has 9 heteroatoms. The summed E-state index contributed by atoms with van der Waals surface area (Å²) in [6, 6.07) is 5.67. The number of hydrogen-bond donors (Lipinski definition) is 0. The molecule has 0 aliphatic heterocycles. The lowest BCUT2D eigenvalue weighted by atomic mass is 9.98. The van der Waals surface area contributed by atoms with Gasteiger partial charge in [-0.05, 0) is 31.9 Å². The minimum absolute atomic E-state index is 0.308. The van der Waals surface area contributed by atoms with E-state index >= 15 is 0 Å². The van der Waals surface area contributed by atoms with Crippen LogP contribution in [0.25, 0.3) is 0 Å². The number of rotatable bonds is 0. The van der Waals surface area contributed by atoms with Gasteiger partial charge in [0.2, 0.25) is 0 Å². The number of nitriles is 4. The third kappa shape index (κ3) is 3.61. The maximum absolute atomic E-state index is 13.1. The summed E-state index contributed by atoms with van der Waals surface area (Å²) >= 11 is 0. The molecule has 0 radical (unpaired) electrons. The van der Waals surface area contributed by atoms with Gasteiger partial charge >= 0.3 is 0 Å². The summed E-state index contributed by atoms with van der Waals surface area (Å²) in [7, 11) is 0. The molecule has 0 spiro atoms. The Bertz CT molecular complexity index is 902. The topological polar surface area (TPSA) is 95.2 Å². The van der Waals surface area contributed by atoms with Crippen LogP contribution in [0, 0.1) is 95.2 Å². The highest BCUT2D eigenvalue weighted by Gasteiger charge is 2.22. The third-order valence-corrected chi connectivity index (χ3v) is 3.95. The van der Waals surface area contributed by atoms with Gasteiger partial charge < -0.3 is 0 Å². The summed E-state index contributed by atoms with van der Waals surface area (Å²) in [6.07, 6.45) is 0. The van der Waals surface area contributed by atoms with Gasteiger partial charge in [0.15, 0.2) is 23.3 Å². The first-order chi connectivity index (χ1) is 13.1. The molecule has 2 aromatic rings. The Labute approximate surface area is 156 Å². The molecule has 0 aromatic heterocycles. The van der Waals surface area contributed by atoms with E-state index in [0.717, 1.165) is 6.92 Å². The maximum atomic E-state index is 13.1. The Morgan fingerprint density at radius 3 is 0.964 bits per heavy atom. The molecule has 0 bridgehead atoms. The van der Waals surface area contributed by atoms with Gasteiger partial charge in [0, 0.05) is 5.56 Å². The van der Waals surface area contributed by atoms with E-state index in [2.05, 4.69) is 0 Å². The molecule has 0 atom stereocenters. The zero-order valence-electron chi connectivity index (χ0n) is 14.7. The summed E-state index contributed by atoms with van der Waals surface area (Å²) in [6.45, 7) is 4.08. The zero-order chi connectivity index (χ0) is 21.8. The average molecular weight is 388 g/mol. The molecule has 0 amide bonds. The quantitative estimate of drug-likeness (QED) is 0.491. The zero-order valence-corrected chi connectivity index (χ0v) is 14.7. The van der Waals surface area contributed by atoms with Crippen molar-refractivity contribution >= 4 is 0 Å². The van der Waals surface area contributed by atoms with Gasteiger partial charge in [0.1, 0.15) is 35.7 Å². The lowest BCUT2D eigenvalue weighted by Gasteiger charge is -2.07. The highest BCUT2D eigenvalue weighted by molar-refractivity contribution is 5.51. The summed E-state index contributed by atoms with van der Waals surface area (Å²) in [5, 5.41) is 33.9. The standard InChI is InChI=1S/C10H6F2N2.C9H3F3N2/c1-5-6(2)8(4-14)10(12)9(11)7(5)3-13;1-4-5(2-13)8(11)9(12)6(3-14)7(4)10/h1-2H3;1H3. The third-order valence-electron chi connectivity index (χ3n) is 3.95. The molecule has 0 unspecified atom stereocenters. The van der Waals surface area contributed by atoms with Crippen LogP contribution in [0.2, 0.25) is 0 Å². The first-order valence-electron chi connectivity index (χ1n) is 7.34. The summed E-state index contributed by atoms with van der Waals surface area (Å²) in [4.78, 5) is 0. The molecule has 2 aromatic carbocycles. The van der Waals surface area contributed by atoms with Crippen LogP contribution in [0.15, 0.2) is 0 Å². The van der Waals surface area contributed by atoms with Crippen LogP contribution in [-0.4, -0.2) is 0 Å². The van der Waals surface area contributed by atoms with E-state index in [4.69, 9.17) is 21.0 Å². The van der Waals surface area contributed by atoms with Gasteiger partial charge in [0.25, 0.3) is 0 Å². The Morgan fingerprint density at radius 2 is 0.679 bits per heavy atom. The van der Waals surface area contributed by atoms with Gasteiger partial charge in [-0.15, -0.1) is 0 Å². The Kier molecular flexibility index (Phi) is 6.80. The SMILES string of the molecule is Cc1c(C)c(C#N)c(F)c(F)c1C#N.Cc1c(F)c(C#N)c(F)c(F)c1C#N. The van der Waals surface area contributed by atoms with E-state index in [9.17, 15) is 22.0 Å². The molecule has 0 N–H and O–H groups in total. The Hall–Kier alpha value is -3.95. The molecule has 2 rings (SSSR count). The second-order valence-corrected chi connectivity index (χ2v) is 5.39. The summed E-state index contributed by atoms with van der Waals surface area (Å²) in [5.41, 5.74) is -2.12. The second-order valence-electron chi connectivity index (χ2n) is 5.39. The smallest absolute Gasteiger partial charge is 0.180 e. The molecule has 0 saturated heterocycles. The first-order valence-corrected chi connectivity index (χ1v) is 7.34. The van der Waals surface area contributed by atoms with Crippen LogP contribution in [0.1, 0.15) is 38.9 Å². The molecule has 0 aliphatic carbocycles. The lowest BCUT2D eigenvalue weighted by molar-refractivity contribution is 0.486. The molecular weight excluding hydrogens is 379 g/mol. The number of benzene rings is 2. The molecular formula is C19H9F5N4. The van der Waals surface area contributed by atoms with Crippen molar-refractivity contribution in [1.29, 1.82) is 21.0 Å². The maximum Gasteiger partial charge on any atom is 0.180 e. The average Bonchev–Trinajstić information content (AvgIpc) is 2.67. The minimum atomic E-state index is -1.62. The van der Waals surface area contributed by atoms with Gasteiger partial charge in [-0.25, -0.2) is 22.0 Å². The predicted octanol–water partition coefficient (Wildman–Crippen LogP) is 4.48. The van der Waals surface area contributed by atoms with E-state index < -0.39 is 40.2 Å². The van der Waals surface area contributed by atoms with E-state index in [1.54, 1.807) is 12.1 Å². The molecule has 0 heterocycles. The predicted molar refractivity (Wildman–Crippen MR) is 85.7 cm³/mol. The lowest BCUT2D eigenvalue weighted by Crippen LogP contribution is -2.03. The van der Waals surface area contributed by atoms with E-state index in [1.807, 2.05) is 0 Å². The Balaban J connectivity index is 0.000000280. The van der Waals surface area contributed by atoms with Crippen molar-refractivity contribution in [3.05, 3.63) is 68.0 Å². The van der Waals surface area contributed by atoms with E-state index in [0.29, 0.717) is 11.1 Å². The fourth-order valence-corrected chi connectivity index (χ4v) is 2.20. The highest BCUT2D eigenvalue weighted by atomic mass is 19.2. The van der Waals surface area contributed by atoms with Crippen LogP contribution in [0.5, 0.6) is 0 Å². The van der Waals surface area contributed by atoms with Gasteiger partial charge in [0.05, 0.1) is 16.7 Å². The highest BCUT2D eigenvalue weighted by Crippen LogP contribution is 2.24. The Morgan fingerprint density at radius 1 is 0.429 bits per heavy atom. The van der Waals surface area contributed by atoms with Crippen LogP contribution in [0.4, 0.5) is 22.0 Å². The van der Waals surface area contributed by atoms with Gasteiger partial charge in [-0.1, -0.05) is 0 Å².